The summed E-state index contributed by atoms with van der Waals surface area (Å²) in [7, 11) is -4.36. The van der Waals surface area contributed by atoms with Crippen molar-refractivity contribution in [2.45, 2.75) is 43.0 Å². The van der Waals surface area contributed by atoms with Crippen LogP contribution in [0.1, 0.15) is 34.0 Å². The van der Waals surface area contributed by atoms with Gasteiger partial charge in [0.05, 0.1) is 27.7 Å². The molecule has 1 aliphatic heterocycles. The summed E-state index contributed by atoms with van der Waals surface area (Å²) in [5.74, 6) is -6.57. The minimum absolute atomic E-state index is 0.00380. The van der Waals surface area contributed by atoms with Crippen LogP contribution >= 0.6 is 23.2 Å². The number of anilines is 1. The van der Waals surface area contributed by atoms with E-state index in [2.05, 4.69) is 20.2 Å². The zero-order valence-corrected chi connectivity index (χ0v) is 30.2. The summed E-state index contributed by atoms with van der Waals surface area (Å²) < 4.78 is 118. The lowest BCUT2D eigenvalue weighted by atomic mass is 10.0. The van der Waals surface area contributed by atoms with Crippen LogP contribution in [0.4, 0.5) is 32.0 Å². The van der Waals surface area contributed by atoms with Gasteiger partial charge in [-0.25, -0.2) is 21.6 Å². The molecule has 0 bridgehead atoms. The average Bonchev–Trinajstić information content (AvgIpc) is 3.57. The van der Waals surface area contributed by atoms with Crippen LogP contribution in [0.3, 0.4) is 0 Å². The fourth-order valence-corrected chi connectivity index (χ4v) is 7.11. The first-order chi connectivity index (χ1) is 26.0. The third-order valence-corrected chi connectivity index (χ3v) is 10.3. The highest BCUT2D eigenvalue weighted by Gasteiger charge is 2.40. The van der Waals surface area contributed by atoms with Crippen molar-refractivity contribution in [3.63, 3.8) is 0 Å². The van der Waals surface area contributed by atoms with Crippen molar-refractivity contribution in [3.05, 3.63) is 129 Å². The van der Waals surface area contributed by atoms with Gasteiger partial charge in [0.1, 0.15) is 17.3 Å². The first kappa shape index (κ1) is 39.4. The van der Waals surface area contributed by atoms with Crippen LogP contribution in [-0.2, 0) is 40.5 Å². The second-order valence-electron chi connectivity index (χ2n) is 12.1. The van der Waals surface area contributed by atoms with Crippen molar-refractivity contribution >= 4 is 50.7 Å². The van der Waals surface area contributed by atoms with Crippen molar-refractivity contribution in [1.29, 1.82) is 0 Å². The highest BCUT2D eigenvalue weighted by Crippen LogP contribution is 2.32. The molecule has 0 radical (unpaired) electrons. The van der Waals surface area contributed by atoms with E-state index in [0.29, 0.717) is 22.9 Å². The molecule has 11 nitrogen and oxygen atoms in total. The number of hydrogen-bond donors (Lipinski definition) is 2. The minimum atomic E-state index is -4.79. The Morgan fingerprint density at radius 1 is 0.891 bits per heavy atom. The Kier molecular flexibility index (Phi) is 11.3. The van der Waals surface area contributed by atoms with Gasteiger partial charge in [-0.05, 0) is 72.6 Å². The topological polar surface area (TPSA) is 136 Å². The summed E-state index contributed by atoms with van der Waals surface area (Å²) in [5.41, 5.74) is -0.999. The van der Waals surface area contributed by atoms with Gasteiger partial charge in [0, 0.05) is 36.6 Å². The number of rotatable bonds is 11. The van der Waals surface area contributed by atoms with Gasteiger partial charge in [0.2, 0.25) is 11.7 Å². The highest BCUT2D eigenvalue weighted by molar-refractivity contribution is 7.92. The number of alkyl halides is 3. The molecule has 0 saturated heterocycles. The molecule has 20 heteroatoms. The second kappa shape index (κ2) is 15.8. The van der Waals surface area contributed by atoms with Gasteiger partial charge in [-0.2, -0.15) is 13.2 Å². The molecule has 2 N–H and O–H groups in total. The van der Waals surface area contributed by atoms with Gasteiger partial charge >= 0.3 is 6.18 Å². The van der Waals surface area contributed by atoms with Crippen LogP contribution in [0.2, 0.25) is 10.0 Å². The lowest BCUT2D eigenvalue weighted by Crippen LogP contribution is -2.44. The monoisotopic (exact) mass is 826 g/mol. The molecule has 4 aromatic carbocycles. The average molecular weight is 828 g/mol. The molecule has 55 heavy (non-hydrogen) atoms. The maximum Gasteiger partial charge on any atom is 0.451 e. The molecule has 0 spiro atoms. The summed E-state index contributed by atoms with van der Waals surface area (Å²) in [6, 6.07) is 15.0. The molecule has 5 aromatic rings. The maximum absolute atomic E-state index is 14.8. The van der Waals surface area contributed by atoms with E-state index in [4.69, 9.17) is 27.9 Å². The van der Waals surface area contributed by atoms with Gasteiger partial charge in [-0.3, -0.25) is 14.3 Å². The molecule has 288 valence electrons. The maximum atomic E-state index is 14.8. The molecule has 0 unspecified atom stereocenters. The molecular weight excluding hydrogens is 801 g/mol. The van der Waals surface area contributed by atoms with E-state index in [1.807, 2.05) is 0 Å². The number of amides is 2. The Labute approximate surface area is 318 Å². The lowest BCUT2D eigenvalue weighted by molar-refractivity contribution is -0.148. The molecule has 2 heterocycles. The number of nitrogens with one attached hydrogen (secondary N) is 2. The van der Waals surface area contributed by atoms with E-state index in [9.17, 15) is 44.3 Å². The molecule has 0 aliphatic carbocycles. The third-order valence-electron chi connectivity index (χ3n) is 8.34. The van der Waals surface area contributed by atoms with Gasteiger partial charge in [-0.1, -0.05) is 35.3 Å². The SMILES string of the molecule is O=C(N[C@@H](CC(=O)N1CCn2c(nnc2C(F)(F)F)C1)Cc1cc(F)c(F)cc1F)c1cc(Cl)ccc1NS(=O)(=O)c1ccc(Oc2ccccc2Cl)cc1. The number of carbonyl (C=O) groups excluding carboxylic acids is 2. The molecule has 6 rings (SSSR count). The number of carbonyl (C=O) groups is 2. The number of nitrogens with zero attached hydrogens (tertiary/aromatic N) is 4. The van der Waals surface area contributed by atoms with E-state index in [1.54, 1.807) is 24.3 Å². The predicted octanol–water partition coefficient (Wildman–Crippen LogP) is 7.39. The summed E-state index contributed by atoms with van der Waals surface area (Å²) in [5, 5.41) is 9.56. The molecule has 0 saturated carbocycles. The molecular formula is C35H26Cl2F6N6O5S. The molecule has 0 fully saturated rings. The second-order valence-corrected chi connectivity index (χ2v) is 14.7. The highest BCUT2D eigenvalue weighted by atomic mass is 35.5. The summed E-state index contributed by atoms with van der Waals surface area (Å²) in [6.45, 7) is -0.892. The summed E-state index contributed by atoms with van der Waals surface area (Å²) in [6.07, 6.45) is -5.95. The zero-order chi connectivity index (χ0) is 39.7. The Morgan fingerprint density at radius 3 is 2.31 bits per heavy atom. The van der Waals surface area contributed by atoms with Crippen LogP contribution in [0.15, 0.2) is 83.8 Å². The molecule has 1 aliphatic rings. The normalized spacial score (nSPS) is 13.6. The number of fused-ring (bicyclic) bond motifs is 1. The molecule has 1 aromatic heterocycles. The van der Waals surface area contributed by atoms with Crippen LogP contribution < -0.4 is 14.8 Å². The van der Waals surface area contributed by atoms with Gasteiger partial charge in [0.15, 0.2) is 17.5 Å². The Bertz CT molecular complexity index is 2380. The van der Waals surface area contributed by atoms with E-state index >= 15 is 0 Å². The van der Waals surface area contributed by atoms with Gasteiger partial charge in [-0.15, -0.1) is 10.2 Å². The smallest absolute Gasteiger partial charge is 0.451 e. The Morgan fingerprint density at radius 2 is 1.60 bits per heavy atom. The van der Waals surface area contributed by atoms with Crippen LogP contribution in [-0.4, -0.2) is 52.5 Å². The quantitative estimate of drug-likeness (QED) is 0.105. The Hall–Kier alpha value is -5.33. The number of ether oxygens (including phenoxy) is 1. The van der Waals surface area contributed by atoms with Crippen LogP contribution in [0.25, 0.3) is 0 Å². The summed E-state index contributed by atoms with van der Waals surface area (Å²) >= 11 is 12.3. The van der Waals surface area contributed by atoms with Crippen molar-refractivity contribution in [3.8, 4) is 11.5 Å². The number of halogens is 8. The van der Waals surface area contributed by atoms with Crippen molar-refractivity contribution in [2.24, 2.45) is 0 Å². The first-order valence-electron chi connectivity index (χ1n) is 16.0. The third kappa shape index (κ3) is 9.14. The van der Waals surface area contributed by atoms with Crippen molar-refractivity contribution < 1.29 is 49.1 Å². The zero-order valence-electron chi connectivity index (χ0n) is 27.9. The van der Waals surface area contributed by atoms with Crippen LogP contribution in [0, 0.1) is 17.5 Å². The fraction of sp³-hybridized carbons (Fsp3) is 0.200. The van der Waals surface area contributed by atoms with E-state index < -0.39 is 75.7 Å². The van der Waals surface area contributed by atoms with E-state index in [1.165, 1.54) is 36.4 Å². The van der Waals surface area contributed by atoms with Crippen LogP contribution in [0.5, 0.6) is 11.5 Å². The van der Waals surface area contributed by atoms with Gasteiger partial charge < -0.3 is 19.5 Å². The fourth-order valence-electron chi connectivity index (χ4n) is 5.68. The number of benzene rings is 4. The van der Waals surface area contributed by atoms with Gasteiger partial charge in [0.25, 0.3) is 15.9 Å². The largest absolute Gasteiger partial charge is 0.456 e. The first-order valence-corrected chi connectivity index (χ1v) is 18.3. The number of aromatic nitrogens is 3. The van der Waals surface area contributed by atoms with Crippen molar-refractivity contribution in [2.75, 3.05) is 11.3 Å². The van der Waals surface area contributed by atoms with E-state index in [0.717, 1.165) is 15.5 Å². The number of hydrogen-bond acceptors (Lipinski definition) is 7. The number of sulfonamides is 1. The molecule has 2 amide bonds. The Balaban J connectivity index is 1.22. The summed E-state index contributed by atoms with van der Waals surface area (Å²) in [4.78, 5) is 28.2. The van der Waals surface area contributed by atoms with Crippen molar-refractivity contribution in [1.82, 2.24) is 25.0 Å². The minimum Gasteiger partial charge on any atom is -0.456 e. The van der Waals surface area contributed by atoms with E-state index in [-0.39, 0.29) is 52.4 Å². The number of para-hydroxylation sites is 1. The predicted molar refractivity (Wildman–Crippen MR) is 187 cm³/mol. The molecule has 1 atom stereocenters. The lowest BCUT2D eigenvalue weighted by Gasteiger charge is -2.30. The standard InChI is InChI=1S/C35H26Cl2F6N6O5S/c36-20-5-10-29(47-55(52,53)23-8-6-22(7-9-23)54-30-4-2-1-3-25(30)37)24(15-20)33(51)44-21(13-19-14-27(39)28(40)17-26(19)38)16-32(50)48-11-12-49-31(18-48)45-46-34(49)35(41,42)43/h1-10,14-15,17,21,47H,11-13,16,18H2,(H,44,51)/t21-/m1/s1.